The zero-order valence-electron chi connectivity index (χ0n) is 7.30. The van der Waals surface area contributed by atoms with E-state index >= 15 is 0 Å². The lowest BCUT2D eigenvalue weighted by atomic mass is 10.1. The molecule has 0 aliphatic heterocycles. The summed E-state index contributed by atoms with van der Waals surface area (Å²) in [5.41, 5.74) is 0.121. The van der Waals surface area contributed by atoms with Gasteiger partial charge in [-0.15, -0.1) is 0 Å². The Bertz CT molecular complexity index is 347. The lowest BCUT2D eigenvalue weighted by Gasteiger charge is -2.03. The number of ether oxygens (including phenoxy) is 1. The van der Waals surface area contributed by atoms with Gasteiger partial charge in [-0.25, -0.2) is 9.18 Å². The molecule has 1 N–H and O–H groups in total. The third-order valence-electron chi connectivity index (χ3n) is 1.69. The molecule has 0 saturated carbocycles. The second-order valence-electron chi connectivity index (χ2n) is 2.61. The molecule has 0 aliphatic rings. The predicted molar refractivity (Wildman–Crippen MR) is 44.1 cm³/mol. The molecule has 0 saturated heterocycles. The summed E-state index contributed by atoms with van der Waals surface area (Å²) in [6, 6.07) is 2.14. The van der Waals surface area contributed by atoms with Crippen LogP contribution < -0.4 is 0 Å². The zero-order chi connectivity index (χ0) is 10.0. The Balaban J connectivity index is 3.23. The van der Waals surface area contributed by atoms with Crippen LogP contribution in [0.5, 0.6) is 5.75 Å². The smallest absolute Gasteiger partial charge is 0.340 e. The van der Waals surface area contributed by atoms with E-state index in [1.165, 1.54) is 0 Å². The van der Waals surface area contributed by atoms with Crippen molar-refractivity contribution in [3.63, 3.8) is 0 Å². The molecular formula is C9H9FO3. The van der Waals surface area contributed by atoms with Gasteiger partial charge >= 0.3 is 5.97 Å². The minimum Gasteiger partial charge on any atom is -0.508 e. The average Bonchev–Trinajstić information content (AvgIpc) is 2.10. The van der Waals surface area contributed by atoms with E-state index in [0.29, 0.717) is 5.56 Å². The van der Waals surface area contributed by atoms with E-state index in [0.717, 1.165) is 19.2 Å². The molecule has 1 rings (SSSR count). The van der Waals surface area contributed by atoms with E-state index in [9.17, 15) is 14.3 Å². The summed E-state index contributed by atoms with van der Waals surface area (Å²) in [6.45, 7) is 1.54. The number of carbonyl (C=O) groups excluding carboxylic acids is 1. The molecule has 0 spiro atoms. The molecule has 0 bridgehead atoms. The fourth-order valence-electron chi connectivity index (χ4n) is 0.928. The Morgan fingerprint density at radius 3 is 2.69 bits per heavy atom. The number of methoxy groups -OCH3 is 1. The number of hydrogen-bond donors (Lipinski definition) is 1. The number of esters is 1. The van der Waals surface area contributed by atoms with Gasteiger partial charge in [-0.3, -0.25) is 0 Å². The highest BCUT2D eigenvalue weighted by molar-refractivity contribution is 5.90. The Morgan fingerprint density at radius 1 is 1.54 bits per heavy atom. The van der Waals surface area contributed by atoms with Crippen molar-refractivity contribution in [2.45, 2.75) is 6.92 Å². The molecule has 1 aromatic carbocycles. The molecule has 0 unspecified atom stereocenters. The fourth-order valence-corrected chi connectivity index (χ4v) is 0.928. The highest BCUT2D eigenvalue weighted by Crippen LogP contribution is 2.21. The minimum absolute atomic E-state index is 0.123. The molecule has 4 heteroatoms. The van der Waals surface area contributed by atoms with Crippen LogP contribution in [0, 0.1) is 12.7 Å². The Kier molecular flexibility index (Phi) is 2.51. The summed E-state index contributed by atoms with van der Waals surface area (Å²) in [4.78, 5) is 10.9. The monoisotopic (exact) mass is 184 g/mol. The number of phenols is 1. The summed E-state index contributed by atoms with van der Waals surface area (Å²) in [6.07, 6.45) is 0. The molecule has 70 valence electrons. The van der Waals surface area contributed by atoms with Crippen LogP contribution in [0.25, 0.3) is 0 Å². The van der Waals surface area contributed by atoms with Gasteiger partial charge in [-0.2, -0.15) is 0 Å². The second kappa shape index (κ2) is 3.43. The summed E-state index contributed by atoms with van der Waals surface area (Å²) in [5.74, 6) is -1.61. The number of rotatable bonds is 1. The van der Waals surface area contributed by atoms with Crippen molar-refractivity contribution in [1.82, 2.24) is 0 Å². The zero-order valence-corrected chi connectivity index (χ0v) is 7.30. The van der Waals surface area contributed by atoms with Gasteiger partial charge in [0.05, 0.1) is 12.7 Å². The summed E-state index contributed by atoms with van der Waals surface area (Å²) >= 11 is 0. The van der Waals surface area contributed by atoms with Crippen LogP contribution in [-0.4, -0.2) is 18.2 Å². The summed E-state index contributed by atoms with van der Waals surface area (Å²) in [5, 5.41) is 9.19. The lowest BCUT2D eigenvalue weighted by molar-refractivity contribution is 0.0595. The molecule has 0 heterocycles. The maximum Gasteiger partial charge on any atom is 0.340 e. The van der Waals surface area contributed by atoms with Crippen LogP contribution in [0.3, 0.4) is 0 Å². The number of phenolic OH excluding ortho intramolecular Hbond substituents is 1. The Hall–Kier alpha value is -1.58. The average molecular weight is 184 g/mol. The van der Waals surface area contributed by atoms with Gasteiger partial charge in [0, 0.05) is 0 Å². The van der Waals surface area contributed by atoms with Crippen LogP contribution in [0.1, 0.15) is 15.9 Å². The van der Waals surface area contributed by atoms with E-state index in [2.05, 4.69) is 4.74 Å². The van der Waals surface area contributed by atoms with E-state index < -0.39 is 11.8 Å². The Morgan fingerprint density at radius 2 is 2.15 bits per heavy atom. The van der Waals surface area contributed by atoms with Crippen LogP contribution in [0.15, 0.2) is 12.1 Å². The quantitative estimate of drug-likeness (QED) is 0.674. The number of benzene rings is 1. The third kappa shape index (κ3) is 1.77. The van der Waals surface area contributed by atoms with Gasteiger partial charge in [0.15, 0.2) is 0 Å². The van der Waals surface area contributed by atoms with Gasteiger partial charge in [0.1, 0.15) is 11.6 Å². The highest BCUT2D eigenvalue weighted by atomic mass is 19.1. The summed E-state index contributed by atoms with van der Waals surface area (Å²) < 4.78 is 17.4. The van der Waals surface area contributed by atoms with Crippen molar-refractivity contribution in [2.24, 2.45) is 0 Å². The molecule has 0 radical (unpaired) electrons. The molecule has 0 atom stereocenters. The van der Waals surface area contributed by atoms with Crippen molar-refractivity contribution < 1.29 is 19.0 Å². The first-order chi connectivity index (χ1) is 6.06. The molecular weight excluding hydrogens is 175 g/mol. The van der Waals surface area contributed by atoms with Crippen LogP contribution >= 0.6 is 0 Å². The van der Waals surface area contributed by atoms with Crippen LogP contribution in [0.2, 0.25) is 0 Å². The number of aromatic hydroxyl groups is 1. The third-order valence-corrected chi connectivity index (χ3v) is 1.69. The van der Waals surface area contributed by atoms with E-state index in [-0.39, 0.29) is 11.3 Å². The van der Waals surface area contributed by atoms with Crippen molar-refractivity contribution in [3.05, 3.63) is 29.1 Å². The van der Waals surface area contributed by atoms with Gasteiger partial charge < -0.3 is 9.84 Å². The summed E-state index contributed by atoms with van der Waals surface area (Å²) in [7, 11) is 1.15. The molecule has 0 aliphatic carbocycles. The largest absolute Gasteiger partial charge is 0.508 e. The van der Waals surface area contributed by atoms with Crippen molar-refractivity contribution in [1.29, 1.82) is 0 Å². The molecule has 0 amide bonds. The second-order valence-corrected chi connectivity index (χ2v) is 2.61. The molecule has 0 fully saturated rings. The van der Waals surface area contributed by atoms with Gasteiger partial charge in [-0.1, -0.05) is 0 Å². The standard InChI is InChI=1S/C9H9FO3/c1-5-3-7(10)6(4-8(5)11)9(12)13-2/h3-4,11H,1-2H3. The van der Waals surface area contributed by atoms with Crippen molar-refractivity contribution in [3.8, 4) is 5.75 Å². The first-order valence-electron chi connectivity index (χ1n) is 3.63. The maximum absolute atomic E-state index is 13.1. The minimum atomic E-state index is -0.798. The number of hydrogen-bond acceptors (Lipinski definition) is 3. The van der Waals surface area contributed by atoms with Crippen LogP contribution in [-0.2, 0) is 4.74 Å². The first kappa shape index (κ1) is 9.51. The fraction of sp³-hybridized carbons (Fsp3) is 0.222. The van der Waals surface area contributed by atoms with Gasteiger partial charge in [0.25, 0.3) is 0 Å². The maximum atomic E-state index is 13.1. The lowest BCUT2D eigenvalue weighted by Crippen LogP contribution is -2.04. The van der Waals surface area contributed by atoms with Gasteiger partial charge in [-0.05, 0) is 24.6 Å². The topological polar surface area (TPSA) is 46.5 Å². The van der Waals surface area contributed by atoms with E-state index in [1.807, 2.05) is 0 Å². The number of halogens is 1. The van der Waals surface area contributed by atoms with E-state index in [4.69, 9.17) is 0 Å². The van der Waals surface area contributed by atoms with Crippen LogP contribution in [0.4, 0.5) is 4.39 Å². The number of aryl methyl sites for hydroxylation is 1. The predicted octanol–water partition coefficient (Wildman–Crippen LogP) is 1.63. The van der Waals surface area contributed by atoms with Crippen molar-refractivity contribution >= 4 is 5.97 Å². The first-order valence-corrected chi connectivity index (χ1v) is 3.63. The van der Waals surface area contributed by atoms with E-state index in [1.54, 1.807) is 6.92 Å². The SMILES string of the molecule is COC(=O)c1cc(O)c(C)cc1F. The number of carbonyl (C=O) groups is 1. The molecule has 0 aromatic heterocycles. The highest BCUT2D eigenvalue weighted by Gasteiger charge is 2.14. The van der Waals surface area contributed by atoms with Crippen molar-refractivity contribution in [2.75, 3.05) is 7.11 Å². The molecule has 13 heavy (non-hydrogen) atoms. The molecule has 3 nitrogen and oxygen atoms in total. The normalized spacial score (nSPS) is 9.77. The molecule has 1 aromatic rings. The van der Waals surface area contributed by atoms with Gasteiger partial charge in [0.2, 0.25) is 0 Å². The Labute approximate surface area is 74.8 Å².